The summed E-state index contributed by atoms with van der Waals surface area (Å²) in [5, 5.41) is 2.46. The fourth-order valence-corrected chi connectivity index (χ4v) is 13.5. The van der Waals surface area contributed by atoms with E-state index in [1.54, 1.807) is 0 Å². The van der Waals surface area contributed by atoms with Crippen molar-refractivity contribution in [3.05, 3.63) is 336 Å². The van der Waals surface area contributed by atoms with Gasteiger partial charge >= 0.3 is 0 Å². The van der Waals surface area contributed by atoms with E-state index >= 15 is 0 Å². The topological polar surface area (TPSA) is 6.48 Å². The van der Waals surface area contributed by atoms with Crippen molar-refractivity contribution in [3.63, 3.8) is 0 Å². The van der Waals surface area contributed by atoms with Gasteiger partial charge in [0.2, 0.25) is 0 Å². The predicted molar refractivity (Wildman–Crippen MR) is 307 cm³/mol. The van der Waals surface area contributed by atoms with Crippen LogP contribution in [-0.4, -0.2) is 0 Å². The van der Waals surface area contributed by atoms with Crippen molar-refractivity contribution in [1.82, 2.24) is 0 Å². The molecular weight excluding hydrogens is 893 g/mol. The van der Waals surface area contributed by atoms with Gasteiger partial charge < -0.3 is 9.80 Å². The summed E-state index contributed by atoms with van der Waals surface area (Å²) in [5.74, 6) is 0. The summed E-state index contributed by atoms with van der Waals surface area (Å²) in [4.78, 5) is 4.98. The molecule has 12 aromatic carbocycles. The van der Waals surface area contributed by atoms with E-state index in [-0.39, 0.29) is 0 Å². The molecule has 0 aliphatic heterocycles. The Balaban J connectivity index is 1.03. The van der Waals surface area contributed by atoms with E-state index in [1.165, 1.54) is 88.7 Å². The molecule has 0 N–H and O–H groups in total. The van der Waals surface area contributed by atoms with Crippen molar-refractivity contribution in [2.24, 2.45) is 0 Å². The first-order valence-corrected chi connectivity index (χ1v) is 25.8. The molecule has 0 radical (unpaired) electrons. The van der Waals surface area contributed by atoms with Crippen LogP contribution in [0.25, 0.3) is 44.2 Å². The summed E-state index contributed by atoms with van der Waals surface area (Å²) in [6.07, 6.45) is 0. The minimum Gasteiger partial charge on any atom is -0.310 e. The number of para-hydroxylation sites is 3. The molecule has 346 valence electrons. The second-order valence-electron chi connectivity index (χ2n) is 19.9. The van der Waals surface area contributed by atoms with Crippen LogP contribution in [0.2, 0.25) is 0 Å². The second kappa shape index (κ2) is 16.5. The third kappa shape index (κ3) is 5.88. The standard InChI is InChI=1S/C72H48N2/c1-6-25-50(26-7-1)71(51-27-8-2-9-28-51)63-39-21-18-36-58(63)60-44-42-55(47-66(60)71)73(52-29-10-3-11-30-52)56-43-45-61-59-37-19-22-40-64(59)72(67(61)48-56)65-41-23-20-38-62(65)69-57-35-17-16-24-49(57)46-68(70(69)72)74(53-31-12-4-13-32-53)54-33-14-5-15-34-54/h1-48H. The molecule has 0 bridgehead atoms. The minimum absolute atomic E-state index is 0.545. The Labute approximate surface area is 432 Å². The third-order valence-corrected chi connectivity index (χ3v) is 16.3. The molecular formula is C72H48N2. The highest BCUT2D eigenvalue weighted by molar-refractivity contribution is 6.11. The van der Waals surface area contributed by atoms with E-state index in [4.69, 9.17) is 0 Å². The number of anilines is 6. The van der Waals surface area contributed by atoms with Gasteiger partial charge in [0.1, 0.15) is 0 Å². The molecule has 74 heavy (non-hydrogen) atoms. The molecule has 2 nitrogen and oxygen atoms in total. The summed E-state index contributed by atoms with van der Waals surface area (Å²) in [5.41, 5.74) is 23.3. The van der Waals surface area contributed by atoms with Gasteiger partial charge in [-0.25, -0.2) is 0 Å². The van der Waals surface area contributed by atoms with Crippen molar-refractivity contribution in [2.75, 3.05) is 9.80 Å². The monoisotopic (exact) mass is 940 g/mol. The van der Waals surface area contributed by atoms with Crippen molar-refractivity contribution < 1.29 is 0 Å². The van der Waals surface area contributed by atoms with Gasteiger partial charge in [0.05, 0.1) is 16.5 Å². The molecule has 12 aromatic rings. The van der Waals surface area contributed by atoms with Crippen LogP contribution < -0.4 is 9.80 Å². The first-order valence-electron chi connectivity index (χ1n) is 25.8. The van der Waals surface area contributed by atoms with E-state index in [9.17, 15) is 0 Å². The van der Waals surface area contributed by atoms with Crippen LogP contribution in [0.3, 0.4) is 0 Å². The van der Waals surface area contributed by atoms with Crippen molar-refractivity contribution >= 4 is 44.9 Å². The van der Waals surface area contributed by atoms with Crippen LogP contribution in [0.1, 0.15) is 44.5 Å². The summed E-state index contributed by atoms with van der Waals surface area (Å²) in [6, 6.07) is 108. The van der Waals surface area contributed by atoms with Crippen molar-refractivity contribution in [1.29, 1.82) is 0 Å². The molecule has 1 atom stereocenters. The van der Waals surface area contributed by atoms with Crippen LogP contribution in [0, 0.1) is 0 Å². The lowest BCUT2D eigenvalue weighted by atomic mass is 9.67. The molecule has 3 aliphatic carbocycles. The van der Waals surface area contributed by atoms with Crippen LogP contribution in [-0.2, 0) is 10.8 Å². The molecule has 1 spiro atoms. The maximum atomic E-state index is 2.53. The second-order valence-corrected chi connectivity index (χ2v) is 19.9. The van der Waals surface area contributed by atoms with Gasteiger partial charge in [0.25, 0.3) is 0 Å². The largest absolute Gasteiger partial charge is 0.310 e. The number of nitrogens with zero attached hydrogens (tertiary/aromatic N) is 2. The highest BCUT2D eigenvalue weighted by Crippen LogP contribution is 2.67. The molecule has 1 unspecified atom stereocenters. The van der Waals surface area contributed by atoms with Gasteiger partial charge in [-0.2, -0.15) is 0 Å². The number of benzene rings is 12. The third-order valence-electron chi connectivity index (χ3n) is 16.3. The molecule has 0 saturated heterocycles. The summed E-state index contributed by atoms with van der Waals surface area (Å²) in [7, 11) is 0. The number of hydrogen-bond donors (Lipinski definition) is 0. The van der Waals surface area contributed by atoms with Gasteiger partial charge in [0, 0.05) is 34.0 Å². The van der Waals surface area contributed by atoms with E-state index in [1.807, 2.05) is 0 Å². The van der Waals surface area contributed by atoms with Gasteiger partial charge in [-0.15, -0.1) is 0 Å². The lowest BCUT2D eigenvalue weighted by Crippen LogP contribution is -2.29. The van der Waals surface area contributed by atoms with Crippen LogP contribution in [0.4, 0.5) is 34.1 Å². The summed E-state index contributed by atoms with van der Waals surface area (Å²) >= 11 is 0. The van der Waals surface area contributed by atoms with Gasteiger partial charge in [-0.05, 0) is 150 Å². The van der Waals surface area contributed by atoms with E-state index in [2.05, 4.69) is 301 Å². The minimum atomic E-state index is -0.688. The number of hydrogen-bond acceptors (Lipinski definition) is 2. The molecule has 0 saturated carbocycles. The molecule has 0 fully saturated rings. The fourth-order valence-electron chi connectivity index (χ4n) is 13.5. The average Bonchev–Trinajstić information content (AvgIpc) is 4.17. The summed E-state index contributed by atoms with van der Waals surface area (Å²) < 4.78 is 0. The molecule has 15 rings (SSSR count). The van der Waals surface area contributed by atoms with Gasteiger partial charge in [-0.3, -0.25) is 0 Å². The lowest BCUT2D eigenvalue weighted by Gasteiger charge is -2.37. The Bertz CT molecular complexity index is 4050. The van der Waals surface area contributed by atoms with Crippen molar-refractivity contribution in [2.45, 2.75) is 10.8 Å². The highest BCUT2D eigenvalue weighted by Gasteiger charge is 2.54. The average molecular weight is 941 g/mol. The normalized spacial score (nSPS) is 14.9. The van der Waals surface area contributed by atoms with Crippen LogP contribution in [0.5, 0.6) is 0 Å². The maximum Gasteiger partial charge on any atom is 0.0747 e. The Morgan fingerprint density at radius 2 is 0.622 bits per heavy atom. The number of rotatable bonds is 8. The molecule has 0 heterocycles. The molecule has 2 heteroatoms. The Morgan fingerprint density at radius 3 is 1.15 bits per heavy atom. The Kier molecular flexibility index (Phi) is 9.43. The predicted octanol–water partition coefficient (Wildman–Crippen LogP) is 18.5. The lowest BCUT2D eigenvalue weighted by molar-refractivity contribution is 0.768. The first-order chi connectivity index (χ1) is 36.7. The van der Waals surface area contributed by atoms with E-state index in [0.29, 0.717) is 0 Å². The first kappa shape index (κ1) is 42.2. The quantitative estimate of drug-likeness (QED) is 0.150. The zero-order chi connectivity index (χ0) is 48.8. The summed E-state index contributed by atoms with van der Waals surface area (Å²) in [6.45, 7) is 0. The highest BCUT2D eigenvalue weighted by atomic mass is 15.2. The molecule has 0 aromatic heterocycles. The zero-order valence-corrected chi connectivity index (χ0v) is 40.6. The maximum absolute atomic E-state index is 2.53. The Hall–Kier alpha value is -9.50. The molecule has 3 aliphatic rings. The number of fused-ring (bicyclic) bond motifs is 15. The van der Waals surface area contributed by atoms with Crippen LogP contribution in [0.15, 0.2) is 291 Å². The van der Waals surface area contributed by atoms with Gasteiger partial charge in [0.15, 0.2) is 0 Å². The SMILES string of the molecule is c1ccc(N(c2ccc3c(c2)C(c2ccccc2)(c2ccccc2)c2ccccc2-3)c2ccc3c(c2)C2(c4ccccc4-3)c3ccccc3-c3c2c(N(c2ccccc2)c2ccccc2)cc2ccccc32)cc1. The Morgan fingerprint density at radius 1 is 0.243 bits per heavy atom. The fraction of sp³-hybridized carbons (Fsp3) is 0.0278. The molecule has 0 amide bonds. The van der Waals surface area contributed by atoms with E-state index in [0.717, 1.165) is 34.1 Å². The van der Waals surface area contributed by atoms with Gasteiger partial charge in [-0.1, -0.05) is 224 Å². The van der Waals surface area contributed by atoms with Crippen LogP contribution >= 0.6 is 0 Å². The van der Waals surface area contributed by atoms with Crippen molar-refractivity contribution in [3.8, 4) is 33.4 Å². The van der Waals surface area contributed by atoms with E-state index < -0.39 is 10.8 Å². The smallest absolute Gasteiger partial charge is 0.0747 e. The zero-order valence-electron chi connectivity index (χ0n) is 40.6.